The summed E-state index contributed by atoms with van der Waals surface area (Å²) in [6.45, 7) is 4.92. The Bertz CT molecular complexity index is 1040. The van der Waals surface area contributed by atoms with Gasteiger partial charge in [0.15, 0.2) is 11.8 Å². The summed E-state index contributed by atoms with van der Waals surface area (Å²) in [5.41, 5.74) is 3.46. The standard InChI is InChI=1S/C24H31N7O.HI/c1-17(19-7-6-8-20(15-19)31-13-4-5-14-31)27-24(25-2)26-16-22-28-23(30-29-22)18-9-11-21(32-3)12-10-18;/h6-12,15,17H,4-5,13-14,16H2,1-3H3,(H2,25,26,27)(H,28,29,30);1H. The fourth-order valence-electron chi connectivity index (χ4n) is 3.86. The molecule has 8 nitrogen and oxygen atoms in total. The van der Waals surface area contributed by atoms with E-state index in [1.807, 2.05) is 24.3 Å². The van der Waals surface area contributed by atoms with Crippen LogP contribution in [0.25, 0.3) is 11.4 Å². The molecule has 0 spiro atoms. The molecule has 1 unspecified atom stereocenters. The molecule has 3 aromatic rings. The predicted molar refractivity (Wildman–Crippen MR) is 143 cm³/mol. The van der Waals surface area contributed by atoms with Crippen LogP contribution in [0.15, 0.2) is 53.5 Å². The lowest BCUT2D eigenvalue weighted by Gasteiger charge is -2.22. The number of ether oxygens (including phenoxy) is 1. The zero-order chi connectivity index (χ0) is 22.3. The van der Waals surface area contributed by atoms with E-state index in [1.165, 1.54) is 24.1 Å². The summed E-state index contributed by atoms with van der Waals surface area (Å²) in [5, 5.41) is 14.1. The highest BCUT2D eigenvalue weighted by Crippen LogP contribution is 2.24. The van der Waals surface area contributed by atoms with Crippen molar-refractivity contribution >= 4 is 35.6 Å². The first kappa shape index (κ1) is 24.8. The number of aromatic nitrogens is 3. The molecule has 0 amide bonds. The summed E-state index contributed by atoms with van der Waals surface area (Å²) in [6.07, 6.45) is 2.55. The fraction of sp³-hybridized carbons (Fsp3) is 0.375. The largest absolute Gasteiger partial charge is 0.497 e. The summed E-state index contributed by atoms with van der Waals surface area (Å²) in [7, 11) is 3.42. The number of guanidine groups is 1. The number of nitrogens with one attached hydrogen (secondary N) is 3. The lowest BCUT2D eigenvalue weighted by Crippen LogP contribution is -2.38. The number of nitrogens with zero attached hydrogens (tertiary/aromatic N) is 4. The van der Waals surface area contributed by atoms with Gasteiger partial charge in [0.2, 0.25) is 0 Å². The maximum absolute atomic E-state index is 5.20. The molecule has 1 atom stereocenters. The third kappa shape index (κ3) is 6.37. The zero-order valence-corrected chi connectivity index (χ0v) is 21.7. The molecule has 1 aliphatic heterocycles. The highest BCUT2D eigenvalue weighted by atomic mass is 127. The predicted octanol–water partition coefficient (Wildman–Crippen LogP) is 4.12. The summed E-state index contributed by atoms with van der Waals surface area (Å²) < 4.78 is 5.20. The SMILES string of the molecule is CN=C(NCc1nc(-c2ccc(OC)cc2)n[nH]1)NC(C)c1cccc(N2CCCC2)c1.I. The molecular weight excluding hydrogens is 529 g/mol. The van der Waals surface area contributed by atoms with Crippen LogP contribution in [0.2, 0.25) is 0 Å². The van der Waals surface area contributed by atoms with Crippen LogP contribution >= 0.6 is 24.0 Å². The van der Waals surface area contributed by atoms with Crippen LogP contribution in [0.1, 0.15) is 37.2 Å². The van der Waals surface area contributed by atoms with E-state index >= 15 is 0 Å². The van der Waals surface area contributed by atoms with Crippen molar-refractivity contribution in [2.75, 3.05) is 32.1 Å². The van der Waals surface area contributed by atoms with E-state index in [-0.39, 0.29) is 30.0 Å². The first-order valence-electron chi connectivity index (χ1n) is 11.0. The quantitative estimate of drug-likeness (QED) is 0.229. The molecule has 3 N–H and O–H groups in total. The molecule has 4 rings (SSSR count). The fourth-order valence-corrected chi connectivity index (χ4v) is 3.86. The number of rotatable bonds is 7. The highest BCUT2D eigenvalue weighted by Gasteiger charge is 2.15. The number of aromatic amines is 1. The maximum Gasteiger partial charge on any atom is 0.191 e. The van der Waals surface area contributed by atoms with Crippen LogP contribution in [0.4, 0.5) is 5.69 Å². The summed E-state index contributed by atoms with van der Waals surface area (Å²) in [5.74, 6) is 2.91. The molecule has 1 aromatic heterocycles. The first-order chi connectivity index (χ1) is 15.7. The van der Waals surface area contributed by atoms with Gasteiger partial charge in [0.05, 0.1) is 19.7 Å². The normalized spacial score (nSPS) is 14.5. The second kappa shape index (κ2) is 11.9. The summed E-state index contributed by atoms with van der Waals surface area (Å²) in [6, 6.07) is 16.6. The van der Waals surface area contributed by atoms with Crippen molar-refractivity contribution in [3.63, 3.8) is 0 Å². The van der Waals surface area contributed by atoms with E-state index in [0.717, 1.165) is 30.2 Å². The van der Waals surface area contributed by atoms with Gasteiger partial charge >= 0.3 is 0 Å². The van der Waals surface area contributed by atoms with Crippen LogP contribution in [0.3, 0.4) is 0 Å². The molecule has 1 aliphatic rings. The molecule has 176 valence electrons. The topological polar surface area (TPSA) is 90.5 Å². The summed E-state index contributed by atoms with van der Waals surface area (Å²) in [4.78, 5) is 11.4. The Balaban J connectivity index is 0.00000306. The Morgan fingerprint density at radius 3 is 2.64 bits per heavy atom. The van der Waals surface area contributed by atoms with Crippen molar-refractivity contribution in [3.8, 4) is 17.1 Å². The van der Waals surface area contributed by atoms with Crippen LogP contribution in [-0.2, 0) is 6.54 Å². The van der Waals surface area contributed by atoms with Gasteiger partial charge in [-0.1, -0.05) is 12.1 Å². The average molecular weight is 561 g/mol. The molecule has 0 aliphatic carbocycles. The van der Waals surface area contributed by atoms with E-state index in [0.29, 0.717) is 18.3 Å². The number of anilines is 1. The molecular formula is C24H32IN7O. The van der Waals surface area contributed by atoms with E-state index in [1.54, 1.807) is 14.2 Å². The molecule has 0 radical (unpaired) electrons. The molecule has 0 bridgehead atoms. The van der Waals surface area contributed by atoms with E-state index in [2.05, 4.69) is 66.9 Å². The Kier molecular flexibility index (Phi) is 8.93. The Labute approximate surface area is 212 Å². The van der Waals surface area contributed by atoms with Crippen molar-refractivity contribution in [1.29, 1.82) is 0 Å². The number of hydrogen-bond donors (Lipinski definition) is 3. The number of benzene rings is 2. The van der Waals surface area contributed by atoms with Crippen molar-refractivity contribution in [2.24, 2.45) is 4.99 Å². The van der Waals surface area contributed by atoms with Crippen LogP contribution in [-0.4, -0.2) is 48.4 Å². The zero-order valence-electron chi connectivity index (χ0n) is 19.3. The summed E-state index contributed by atoms with van der Waals surface area (Å²) >= 11 is 0. The molecule has 1 saturated heterocycles. The van der Waals surface area contributed by atoms with E-state index < -0.39 is 0 Å². The Morgan fingerprint density at radius 1 is 1.18 bits per heavy atom. The second-order valence-corrected chi connectivity index (χ2v) is 7.92. The minimum atomic E-state index is 0. The van der Waals surface area contributed by atoms with E-state index in [9.17, 15) is 0 Å². The highest BCUT2D eigenvalue weighted by molar-refractivity contribution is 14.0. The third-order valence-corrected chi connectivity index (χ3v) is 5.72. The van der Waals surface area contributed by atoms with Gasteiger partial charge in [0.1, 0.15) is 11.6 Å². The smallest absolute Gasteiger partial charge is 0.191 e. The number of aliphatic imine (C=N–C) groups is 1. The van der Waals surface area contributed by atoms with Crippen molar-refractivity contribution < 1.29 is 4.74 Å². The van der Waals surface area contributed by atoms with Gasteiger partial charge in [-0.2, -0.15) is 5.10 Å². The van der Waals surface area contributed by atoms with Gasteiger partial charge in [0, 0.05) is 31.4 Å². The minimum absolute atomic E-state index is 0. The average Bonchev–Trinajstić information content (AvgIpc) is 3.54. The van der Waals surface area contributed by atoms with Gasteiger partial charge in [0.25, 0.3) is 0 Å². The first-order valence-corrected chi connectivity index (χ1v) is 11.0. The molecule has 2 heterocycles. The van der Waals surface area contributed by atoms with Crippen LogP contribution in [0, 0.1) is 0 Å². The Morgan fingerprint density at radius 2 is 1.94 bits per heavy atom. The van der Waals surface area contributed by atoms with Crippen LogP contribution in [0.5, 0.6) is 5.75 Å². The van der Waals surface area contributed by atoms with Gasteiger partial charge in [-0.05, 0) is 61.7 Å². The number of methoxy groups -OCH3 is 1. The van der Waals surface area contributed by atoms with Crippen molar-refractivity contribution in [2.45, 2.75) is 32.4 Å². The lowest BCUT2D eigenvalue weighted by molar-refractivity contribution is 0.415. The third-order valence-electron chi connectivity index (χ3n) is 5.72. The monoisotopic (exact) mass is 561 g/mol. The number of hydrogen-bond acceptors (Lipinski definition) is 5. The minimum Gasteiger partial charge on any atom is -0.497 e. The van der Waals surface area contributed by atoms with Crippen molar-refractivity contribution in [1.82, 2.24) is 25.8 Å². The second-order valence-electron chi connectivity index (χ2n) is 7.92. The van der Waals surface area contributed by atoms with Gasteiger partial charge in [-0.3, -0.25) is 10.1 Å². The van der Waals surface area contributed by atoms with Gasteiger partial charge in [-0.15, -0.1) is 24.0 Å². The van der Waals surface area contributed by atoms with E-state index in [4.69, 9.17) is 4.74 Å². The number of H-pyrrole nitrogens is 1. The molecule has 9 heteroatoms. The maximum atomic E-state index is 5.20. The Hall–Kier alpha value is -2.82. The van der Waals surface area contributed by atoms with Crippen LogP contribution < -0.4 is 20.3 Å². The lowest BCUT2D eigenvalue weighted by atomic mass is 10.1. The van der Waals surface area contributed by atoms with Gasteiger partial charge < -0.3 is 20.3 Å². The molecule has 1 fully saturated rings. The molecule has 33 heavy (non-hydrogen) atoms. The number of halogens is 1. The molecule has 2 aromatic carbocycles. The van der Waals surface area contributed by atoms with Crippen molar-refractivity contribution in [3.05, 3.63) is 59.9 Å². The molecule has 0 saturated carbocycles. The van der Waals surface area contributed by atoms with Gasteiger partial charge in [-0.25, -0.2) is 4.98 Å².